The topological polar surface area (TPSA) is 407 Å². The first kappa shape index (κ1) is 73.6. The van der Waals surface area contributed by atoms with E-state index >= 15 is 0 Å². The molecule has 0 radical (unpaired) electrons. The van der Waals surface area contributed by atoms with Gasteiger partial charge in [0.25, 0.3) is 5.56 Å². The highest BCUT2D eigenvalue weighted by Gasteiger charge is 2.28. The van der Waals surface area contributed by atoms with Gasteiger partial charge in [-0.3, -0.25) is 14.9 Å². The van der Waals surface area contributed by atoms with Crippen LogP contribution in [0.5, 0.6) is 46.0 Å². The second-order valence-corrected chi connectivity index (χ2v) is 25.2. The van der Waals surface area contributed by atoms with Crippen LogP contribution in [0.2, 0.25) is 0 Å². The van der Waals surface area contributed by atoms with Gasteiger partial charge in [0.2, 0.25) is 0 Å². The largest absolute Gasteiger partial charge is 0.497 e. The number of methoxy groups -OCH3 is 8. The van der Waals surface area contributed by atoms with Crippen molar-refractivity contribution in [2.45, 2.75) is 6.42 Å². The number of rotatable bonds is 19. The number of aliphatic imine (C=N–C) groups is 1. The Morgan fingerprint density at radius 3 is 1.31 bits per heavy atom. The van der Waals surface area contributed by atoms with Gasteiger partial charge in [-0.15, -0.1) is 15.3 Å². The van der Waals surface area contributed by atoms with Crippen molar-refractivity contribution in [3.05, 3.63) is 222 Å². The Morgan fingerprint density at radius 1 is 0.429 bits per heavy atom. The molecule has 9 aromatic carbocycles. The van der Waals surface area contributed by atoms with Crippen molar-refractivity contribution in [3.8, 4) is 103 Å². The van der Waals surface area contributed by atoms with E-state index in [1.807, 2.05) is 169 Å². The number of hydrogen-bond acceptors (Lipinski definition) is 23. The van der Waals surface area contributed by atoms with Crippen molar-refractivity contribution < 1.29 is 37.9 Å². The fraction of sp³-hybridized carbons (Fsp3) is 0.136. The Labute approximate surface area is 640 Å². The van der Waals surface area contributed by atoms with E-state index in [1.165, 1.54) is 4.68 Å². The average Bonchev–Trinajstić information content (AvgIpc) is 1.63. The van der Waals surface area contributed by atoms with Gasteiger partial charge in [0, 0.05) is 99.0 Å². The van der Waals surface area contributed by atoms with E-state index in [0.29, 0.717) is 150 Å². The number of hydrogen-bond donors (Lipinski definition) is 10. The molecule has 0 saturated heterocycles. The Bertz CT molecular complexity index is 6060. The van der Waals surface area contributed by atoms with Crippen LogP contribution in [-0.4, -0.2) is 138 Å². The molecule has 0 atom stereocenters. The minimum absolute atomic E-state index is 0.266. The Balaban J connectivity index is 0.000000124. The number of H-pyrrole nitrogens is 3. The number of aromatic nitrogens is 14. The summed E-state index contributed by atoms with van der Waals surface area (Å²) in [6.45, 7) is 0. The summed E-state index contributed by atoms with van der Waals surface area (Å²) in [6.07, 6.45) is 0.678. The lowest BCUT2D eigenvalue weighted by Gasteiger charge is -2.10. The Kier molecular flexibility index (Phi) is 20.8. The van der Waals surface area contributed by atoms with Gasteiger partial charge in [0.05, 0.1) is 130 Å². The third kappa shape index (κ3) is 14.6. The Hall–Kier alpha value is -15.3. The first-order chi connectivity index (χ1) is 54.4. The number of ether oxygens (including phenoxy) is 8. The number of imidazole rings is 3. The summed E-state index contributed by atoms with van der Waals surface area (Å²) in [5, 5.41) is 23.0. The number of anilines is 8. The number of nitrogens with one attached hydrogen (secondary N) is 5. The van der Waals surface area contributed by atoms with Gasteiger partial charge >= 0.3 is 0 Å². The highest BCUT2D eigenvalue weighted by molar-refractivity contribution is 6.12. The lowest BCUT2D eigenvalue weighted by molar-refractivity contribution is 0.393. The third-order valence-corrected chi connectivity index (χ3v) is 18.5. The normalized spacial score (nSPS) is 11.4. The summed E-state index contributed by atoms with van der Waals surface area (Å²) in [6, 6.07) is 62.5. The van der Waals surface area contributed by atoms with Crippen LogP contribution in [0.3, 0.4) is 0 Å². The van der Waals surface area contributed by atoms with E-state index in [0.717, 1.165) is 61.4 Å². The molecule has 0 aliphatic carbocycles. The van der Waals surface area contributed by atoms with Crippen LogP contribution in [-0.2, 0) is 13.5 Å². The van der Waals surface area contributed by atoms with E-state index in [9.17, 15) is 4.79 Å². The monoisotopic (exact) mass is 1500 g/mol. The maximum absolute atomic E-state index is 13.6. The summed E-state index contributed by atoms with van der Waals surface area (Å²) >= 11 is 0. The van der Waals surface area contributed by atoms with Crippen LogP contribution < -0.4 is 82.8 Å². The van der Waals surface area contributed by atoms with Gasteiger partial charge in [0.15, 0.2) is 17.5 Å². The zero-order chi connectivity index (χ0) is 78.4. The summed E-state index contributed by atoms with van der Waals surface area (Å²) < 4.78 is 50.9. The molecule has 16 aromatic rings. The van der Waals surface area contributed by atoms with E-state index in [2.05, 4.69) is 67.0 Å². The molecular weight excluding hydrogens is 1430 g/mol. The number of para-hydroxylation sites is 8. The molecule has 0 saturated carbocycles. The van der Waals surface area contributed by atoms with Crippen molar-refractivity contribution >= 4 is 90.9 Å². The number of nitrogens with two attached hydrogens (primary N) is 5. The van der Waals surface area contributed by atoms with E-state index < -0.39 is 0 Å². The highest BCUT2D eigenvalue weighted by Crippen LogP contribution is 2.40. The highest BCUT2D eigenvalue weighted by atomic mass is 16.5. The van der Waals surface area contributed by atoms with Crippen LogP contribution in [0.4, 0.5) is 52.1 Å². The lowest BCUT2D eigenvalue weighted by Crippen LogP contribution is -2.16. The zero-order valence-electron chi connectivity index (χ0n) is 62.7. The number of fused-ring (bicyclic) bond motifs is 4. The summed E-state index contributed by atoms with van der Waals surface area (Å²) in [5.41, 5.74) is 45.5. The van der Waals surface area contributed by atoms with Crippen LogP contribution in [0.25, 0.3) is 90.0 Å². The molecule has 31 nitrogen and oxygen atoms in total. The molecular formula is C81H80N22O9. The van der Waals surface area contributed by atoms with Crippen molar-refractivity contribution in [1.82, 2.24) is 68.6 Å². The molecule has 17 rings (SSSR count). The lowest BCUT2D eigenvalue weighted by atomic mass is 10.1. The van der Waals surface area contributed by atoms with Gasteiger partial charge in [-0.1, -0.05) is 72.8 Å². The van der Waals surface area contributed by atoms with Gasteiger partial charge in [0.1, 0.15) is 103 Å². The fourth-order valence-electron chi connectivity index (χ4n) is 12.9. The van der Waals surface area contributed by atoms with Crippen LogP contribution >= 0.6 is 0 Å². The molecule has 0 spiro atoms. The van der Waals surface area contributed by atoms with Crippen LogP contribution in [0.15, 0.2) is 210 Å². The molecule has 1 aliphatic heterocycles. The van der Waals surface area contributed by atoms with Crippen molar-refractivity contribution in [1.29, 1.82) is 0 Å². The standard InChI is InChI=1S/C24H21N5O3.2C19H20N6O2.C19H19N5O2/c1-31-17-12-16(13-18(14-17)32-2)29-24(30)21(22-26-19-10-6-7-11-20(19)27-22)23(28-29)25-15-8-4-3-5-9-15;1-24-15-7-5-4-6-14(15)22-19(24)16-17(20)23-25(18(16)21)11-8-12(26-2)10-13(9-11)27-3;1-21-18-16(19-22-14-6-4-5-7-15(14)23-19)17(20)25(24-18)11-8-12(26-2)10-13(9-11)27-3;1-25-13-8-12(9-14(10-13)26-2)24-19(21)17(18(20)23-24)16-7-11-5-3-4-6-15(11)22-16/h3-14,25,28H,1-2H3,(H,26,27);4-10H,21H2,1-3H3,(H2,20,23);4-10H,20H2,1-3H3,(H,21,24)(H,22,23);3-6,8-10H,7,21H2,1-2H3,(H2,20,23). The molecule has 0 amide bonds. The zero-order valence-corrected chi connectivity index (χ0v) is 62.7. The minimum Gasteiger partial charge on any atom is -0.497 e. The van der Waals surface area contributed by atoms with Gasteiger partial charge in [-0.2, -0.15) is 0 Å². The fourth-order valence-corrected chi connectivity index (χ4v) is 12.9. The predicted molar refractivity (Wildman–Crippen MR) is 437 cm³/mol. The third-order valence-electron chi connectivity index (χ3n) is 18.5. The summed E-state index contributed by atoms with van der Waals surface area (Å²) in [5.74, 6) is 9.81. The van der Waals surface area contributed by atoms with E-state index in [1.54, 1.807) is 114 Å². The maximum Gasteiger partial charge on any atom is 0.284 e. The molecule has 1 aliphatic rings. The number of nitrogens with zero attached hydrogens (tertiary/aromatic N) is 12. The molecule has 112 heavy (non-hydrogen) atoms. The smallest absolute Gasteiger partial charge is 0.284 e. The van der Waals surface area contributed by atoms with E-state index in [4.69, 9.17) is 66.6 Å². The minimum atomic E-state index is -0.266. The quantitative estimate of drug-likeness (QED) is 0.0359. The van der Waals surface area contributed by atoms with Crippen molar-refractivity contribution in [2.24, 2.45) is 12.0 Å². The van der Waals surface area contributed by atoms with Gasteiger partial charge < -0.3 is 91.7 Å². The van der Waals surface area contributed by atoms with Gasteiger partial charge in [-0.05, 0) is 60.2 Å². The molecule has 15 N–H and O–H groups in total. The van der Waals surface area contributed by atoms with Gasteiger partial charge in [-0.25, -0.2) is 33.7 Å². The number of aromatic amines is 3. The summed E-state index contributed by atoms with van der Waals surface area (Å²) in [4.78, 5) is 38.8. The first-order valence-corrected chi connectivity index (χ1v) is 34.9. The van der Waals surface area contributed by atoms with Crippen LogP contribution in [0.1, 0.15) is 11.1 Å². The molecule has 7 aromatic heterocycles. The summed E-state index contributed by atoms with van der Waals surface area (Å²) in [7, 11) is 16.4. The van der Waals surface area contributed by atoms with Crippen molar-refractivity contribution in [3.63, 3.8) is 0 Å². The molecule has 568 valence electrons. The number of aryl methyl sites for hydroxylation is 1. The SMILES string of the molecule is CNc1nn(-c2cc(OC)cc(OC)c2)c(N)c1-c1nc2ccccc2[nH]1.COc1cc(OC)cc(-n2[nH]c(Nc3ccccc3)c(-c3nc4ccccc4[nH]3)c2=O)c1.COc1cc(OC)cc(-n2nc(N)c(-c3nc4ccccc4n3C)c2N)c1.COc1cc(OC)cc(-n2nc(N)c(C3=Nc4ccccc4C3)c2N)c1. The predicted octanol–water partition coefficient (Wildman–Crippen LogP) is 12.9. The maximum atomic E-state index is 13.6. The molecule has 0 fully saturated rings. The molecule has 0 unspecified atom stereocenters. The molecule has 0 bridgehead atoms. The Morgan fingerprint density at radius 2 is 0.839 bits per heavy atom. The average molecular weight is 1510 g/mol. The van der Waals surface area contributed by atoms with Crippen LogP contribution in [0, 0.1) is 0 Å². The van der Waals surface area contributed by atoms with E-state index in [-0.39, 0.29) is 5.56 Å². The second kappa shape index (κ2) is 31.6. The number of benzene rings is 9. The first-order valence-electron chi connectivity index (χ1n) is 34.9. The molecule has 31 heteroatoms. The molecule has 8 heterocycles. The second-order valence-electron chi connectivity index (χ2n) is 25.2. The van der Waals surface area contributed by atoms with Crippen molar-refractivity contribution in [2.75, 3.05) is 103 Å². The number of nitrogen functional groups attached to an aromatic ring is 5.